The van der Waals surface area contributed by atoms with Gasteiger partial charge in [-0.25, -0.2) is 0 Å². The lowest BCUT2D eigenvalue weighted by Crippen LogP contribution is -2.30. The summed E-state index contributed by atoms with van der Waals surface area (Å²) in [6.45, 7) is 6.42. The number of esters is 3. The van der Waals surface area contributed by atoms with Gasteiger partial charge in [-0.2, -0.15) is 0 Å². The van der Waals surface area contributed by atoms with E-state index in [0.29, 0.717) is 19.3 Å². The van der Waals surface area contributed by atoms with E-state index in [0.717, 1.165) is 103 Å². The molecule has 0 bridgehead atoms. The Kier molecular flexibility index (Phi) is 53.9. The second-order valence-electron chi connectivity index (χ2n) is 18.8. The maximum absolute atomic E-state index is 12.9. The number of hydrogen-bond donors (Lipinski definition) is 0. The molecule has 0 fully saturated rings. The van der Waals surface area contributed by atoms with E-state index in [-0.39, 0.29) is 37.5 Å². The molecular weight excluding hydrogens is 853 g/mol. The molecule has 0 heterocycles. The van der Waals surface area contributed by atoms with Gasteiger partial charge < -0.3 is 14.2 Å². The highest BCUT2D eigenvalue weighted by Crippen LogP contribution is 2.16. The molecule has 0 aromatic rings. The van der Waals surface area contributed by atoms with E-state index in [2.05, 4.69) is 112 Å². The molecule has 1 atom stereocenters. The van der Waals surface area contributed by atoms with Crippen molar-refractivity contribution in [3.63, 3.8) is 0 Å². The predicted octanol–water partition coefficient (Wildman–Crippen LogP) is 19.3. The third kappa shape index (κ3) is 55.1. The fourth-order valence-electron chi connectivity index (χ4n) is 7.78. The van der Waals surface area contributed by atoms with Crippen LogP contribution < -0.4 is 0 Å². The molecule has 0 spiro atoms. The second-order valence-corrected chi connectivity index (χ2v) is 18.8. The molecule has 0 aliphatic heterocycles. The Bertz CT molecular complexity index is 1380. The van der Waals surface area contributed by atoms with Gasteiger partial charge >= 0.3 is 17.9 Å². The minimum absolute atomic E-state index is 0.107. The van der Waals surface area contributed by atoms with Crippen molar-refractivity contribution in [2.24, 2.45) is 0 Å². The van der Waals surface area contributed by atoms with Gasteiger partial charge in [-0.15, -0.1) is 0 Å². The third-order valence-corrected chi connectivity index (χ3v) is 12.1. The molecule has 0 aromatic heterocycles. The van der Waals surface area contributed by atoms with Crippen LogP contribution in [-0.4, -0.2) is 37.2 Å². The van der Waals surface area contributed by atoms with Gasteiger partial charge in [0.1, 0.15) is 13.2 Å². The minimum Gasteiger partial charge on any atom is -0.462 e. The van der Waals surface area contributed by atoms with Crippen LogP contribution >= 0.6 is 0 Å². The average molecular weight is 960 g/mol. The molecular formula is C63H106O6. The van der Waals surface area contributed by atoms with Crippen molar-refractivity contribution in [3.05, 3.63) is 97.2 Å². The SMILES string of the molecule is CC/C=C\C/C=C\C/C=C\C/C=C\C/C=C\C/C=C\CCC(=O)OCC(COC(=O)CCCCCCC/C=C\C/C=C\CCCC)OC(=O)CCCCCCCCCCCCCCCCCCCC. The number of hydrogen-bond acceptors (Lipinski definition) is 6. The van der Waals surface area contributed by atoms with Crippen LogP contribution in [0.5, 0.6) is 0 Å². The van der Waals surface area contributed by atoms with Crippen molar-refractivity contribution in [2.75, 3.05) is 13.2 Å². The monoisotopic (exact) mass is 959 g/mol. The lowest BCUT2D eigenvalue weighted by molar-refractivity contribution is -0.166. The first-order chi connectivity index (χ1) is 34.0. The maximum Gasteiger partial charge on any atom is 0.306 e. The predicted molar refractivity (Wildman–Crippen MR) is 297 cm³/mol. The van der Waals surface area contributed by atoms with Crippen LogP contribution in [0, 0.1) is 0 Å². The van der Waals surface area contributed by atoms with Crippen molar-refractivity contribution in [2.45, 2.75) is 271 Å². The Morgan fingerprint density at radius 2 is 0.609 bits per heavy atom. The molecule has 0 saturated heterocycles. The molecule has 0 aliphatic carbocycles. The van der Waals surface area contributed by atoms with E-state index in [1.807, 2.05) is 6.08 Å². The molecule has 6 heteroatoms. The molecule has 0 rings (SSSR count). The summed E-state index contributed by atoms with van der Waals surface area (Å²) in [6, 6.07) is 0. The Morgan fingerprint density at radius 3 is 1.01 bits per heavy atom. The van der Waals surface area contributed by atoms with Crippen LogP contribution in [0.1, 0.15) is 265 Å². The summed E-state index contributed by atoms with van der Waals surface area (Å²) in [5.74, 6) is -1.00. The summed E-state index contributed by atoms with van der Waals surface area (Å²) in [5.41, 5.74) is 0. The fraction of sp³-hybridized carbons (Fsp3) is 0.698. The van der Waals surface area contributed by atoms with Crippen molar-refractivity contribution in [1.29, 1.82) is 0 Å². The summed E-state index contributed by atoms with van der Waals surface area (Å²) in [4.78, 5) is 38.1. The molecule has 0 aliphatic rings. The smallest absolute Gasteiger partial charge is 0.306 e. The standard InChI is InChI=1S/C63H106O6/c1-4-7-10-13-16-19-22-25-28-30-32-34-35-38-41-44-47-50-53-56-62(65)68-59-60(58-67-61(64)55-52-49-46-43-40-37-27-24-21-18-15-12-9-6-3)69-63(66)57-54-51-48-45-42-39-36-33-31-29-26-23-20-17-14-11-8-5-2/h7,10,15-16,18-19,24-25,27-28,32,34,38,41,47,50,60H,4-6,8-9,11-14,17,20-23,26,29-31,33,35-37,39-40,42-46,48-49,51-59H2,1-3H3/b10-7-,18-15-,19-16-,27-24-,28-25-,34-32-,41-38-,50-47-. The van der Waals surface area contributed by atoms with Gasteiger partial charge in [0.25, 0.3) is 0 Å². The summed E-state index contributed by atoms with van der Waals surface area (Å²) in [6.07, 6.45) is 75.5. The second kappa shape index (κ2) is 56.9. The number of carbonyl (C=O) groups is 3. The number of unbranched alkanes of at least 4 members (excludes halogenated alkanes) is 24. The molecule has 1 unspecified atom stereocenters. The molecule has 69 heavy (non-hydrogen) atoms. The van der Waals surface area contributed by atoms with Crippen LogP contribution in [0.25, 0.3) is 0 Å². The molecule has 0 N–H and O–H groups in total. The van der Waals surface area contributed by atoms with Crippen molar-refractivity contribution in [3.8, 4) is 0 Å². The number of ether oxygens (including phenoxy) is 3. The van der Waals surface area contributed by atoms with Gasteiger partial charge in [0.15, 0.2) is 6.10 Å². The molecule has 0 amide bonds. The Balaban J connectivity index is 4.49. The number of rotatable bonds is 51. The van der Waals surface area contributed by atoms with Gasteiger partial charge in [0.2, 0.25) is 0 Å². The van der Waals surface area contributed by atoms with E-state index >= 15 is 0 Å². The quantitative estimate of drug-likeness (QED) is 0.0262. The largest absolute Gasteiger partial charge is 0.462 e. The minimum atomic E-state index is -0.813. The first kappa shape index (κ1) is 65.3. The summed E-state index contributed by atoms with van der Waals surface area (Å²) in [5, 5.41) is 0. The van der Waals surface area contributed by atoms with Crippen molar-refractivity contribution < 1.29 is 28.6 Å². The van der Waals surface area contributed by atoms with Crippen molar-refractivity contribution >= 4 is 17.9 Å². The van der Waals surface area contributed by atoms with Gasteiger partial charge in [-0.05, 0) is 83.5 Å². The zero-order chi connectivity index (χ0) is 50.0. The van der Waals surface area contributed by atoms with E-state index in [1.54, 1.807) is 0 Å². The topological polar surface area (TPSA) is 78.9 Å². The van der Waals surface area contributed by atoms with Crippen LogP contribution in [0.15, 0.2) is 97.2 Å². The summed E-state index contributed by atoms with van der Waals surface area (Å²) < 4.78 is 16.8. The molecule has 0 aromatic carbocycles. The van der Waals surface area contributed by atoms with Gasteiger partial charge in [0, 0.05) is 19.3 Å². The molecule has 0 saturated carbocycles. The number of allylic oxidation sites excluding steroid dienone is 16. The lowest BCUT2D eigenvalue weighted by Gasteiger charge is -2.18. The molecule has 0 radical (unpaired) electrons. The molecule has 394 valence electrons. The normalized spacial score (nSPS) is 12.8. The van der Waals surface area contributed by atoms with Gasteiger partial charge in [-0.3, -0.25) is 14.4 Å². The van der Waals surface area contributed by atoms with E-state index < -0.39 is 6.10 Å². The zero-order valence-corrected chi connectivity index (χ0v) is 45.0. The van der Waals surface area contributed by atoms with E-state index in [1.165, 1.54) is 116 Å². The molecule has 6 nitrogen and oxygen atoms in total. The average Bonchev–Trinajstić information content (AvgIpc) is 3.35. The highest BCUT2D eigenvalue weighted by Gasteiger charge is 2.19. The summed E-state index contributed by atoms with van der Waals surface area (Å²) in [7, 11) is 0. The van der Waals surface area contributed by atoms with E-state index in [9.17, 15) is 14.4 Å². The highest BCUT2D eigenvalue weighted by molar-refractivity contribution is 5.71. The zero-order valence-electron chi connectivity index (χ0n) is 45.0. The number of carbonyl (C=O) groups excluding carboxylic acids is 3. The van der Waals surface area contributed by atoms with Gasteiger partial charge in [0.05, 0.1) is 0 Å². The Morgan fingerprint density at radius 1 is 0.304 bits per heavy atom. The Hall–Kier alpha value is -3.67. The van der Waals surface area contributed by atoms with E-state index in [4.69, 9.17) is 14.2 Å². The first-order valence-electron chi connectivity index (χ1n) is 28.7. The lowest BCUT2D eigenvalue weighted by atomic mass is 10.0. The van der Waals surface area contributed by atoms with Crippen LogP contribution in [0.2, 0.25) is 0 Å². The third-order valence-electron chi connectivity index (χ3n) is 12.1. The fourth-order valence-corrected chi connectivity index (χ4v) is 7.78. The first-order valence-corrected chi connectivity index (χ1v) is 28.7. The summed E-state index contributed by atoms with van der Waals surface area (Å²) >= 11 is 0. The highest BCUT2D eigenvalue weighted by atomic mass is 16.6. The van der Waals surface area contributed by atoms with Crippen LogP contribution in [0.3, 0.4) is 0 Å². The van der Waals surface area contributed by atoms with Crippen LogP contribution in [0.4, 0.5) is 0 Å². The maximum atomic E-state index is 12.9. The van der Waals surface area contributed by atoms with Crippen molar-refractivity contribution in [1.82, 2.24) is 0 Å². The van der Waals surface area contributed by atoms with Gasteiger partial charge in [-0.1, -0.05) is 259 Å². The van der Waals surface area contributed by atoms with Crippen LogP contribution in [-0.2, 0) is 28.6 Å². The Labute approximate surface area is 426 Å².